The second-order valence-corrected chi connectivity index (χ2v) is 4.89. The van der Waals surface area contributed by atoms with Gasteiger partial charge < -0.3 is 0 Å². The molecule has 0 unspecified atom stereocenters. The van der Waals surface area contributed by atoms with Crippen LogP contribution in [0.5, 0.6) is 0 Å². The highest BCUT2D eigenvalue weighted by Gasteiger charge is 2.15. The van der Waals surface area contributed by atoms with Crippen LogP contribution in [0.4, 0.5) is 0 Å². The van der Waals surface area contributed by atoms with Crippen molar-refractivity contribution in [2.45, 2.75) is 13.3 Å². The van der Waals surface area contributed by atoms with Crippen molar-refractivity contribution in [3.63, 3.8) is 0 Å². The summed E-state index contributed by atoms with van der Waals surface area (Å²) in [5.74, 6) is 0.0122. The van der Waals surface area contributed by atoms with Crippen LogP contribution in [0.15, 0.2) is 60.8 Å². The van der Waals surface area contributed by atoms with E-state index in [4.69, 9.17) is 0 Å². The highest BCUT2D eigenvalue weighted by atomic mass is 16.1. The molecule has 0 bridgehead atoms. The third kappa shape index (κ3) is 2.74. The number of Topliss-reactive ketones (excluding diaryl/α,β-unsaturated/α-hetero) is 1. The summed E-state index contributed by atoms with van der Waals surface area (Å²) in [4.78, 5) is 12.5. The molecule has 4 nitrogen and oxygen atoms in total. The average Bonchev–Trinajstić information content (AvgIpc) is 3.00. The number of benzene rings is 2. The number of ketones is 1. The van der Waals surface area contributed by atoms with Crippen molar-refractivity contribution in [3.05, 3.63) is 77.6 Å². The van der Waals surface area contributed by atoms with E-state index in [0.29, 0.717) is 12.1 Å². The molecular formula is C17H15N3O. The summed E-state index contributed by atoms with van der Waals surface area (Å²) in [6.07, 6.45) is 1.88. The van der Waals surface area contributed by atoms with Crippen molar-refractivity contribution in [2.24, 2.45) is 0 Å². The smallest absolute Gasteiger partial charge is 0.187 e. The summed E-state index contributed by atoms with van der Waals surface area (Å²) in [7, 11) is 0. The van der Waals surface area contributed by atoms with Crippen molar-refractivity contribution in [3.8, 4) is 5.69 Å². The van der Waals surface area contributed by atoms with Gasteiger partial charge in [0.25, 0.3) is 0 Å². The van der Waals surface area contributed by atoms with Gasteiger partial charge in [0, 0.05) is 6.42 Å². The van der Waals surface area contributed by atoms with Crippen LogP contribution < -0.4 is 0 Å². The van der Waals surface area contributed by atoms with E-state index in [1.807, 2.05) is 61.5 Å². The summed E-state index contributed by atoms with van der Waals surface area (Å²) >= 11 is 0. The molecule has 0 amide bonds. The SMILES string of the molecule is Cc1ccccc1CC(=O)c1cnnn1-c1ccccc1. The zero-order valence-electron chi connectivity index (χ0n) is 11.7. The fourth-order valence-electron chi connectivity index (χ4n) is 2.26. The van der Waals surface area contributed by atoms with Crippen LogP contribution >= 0.6 is 0 Å². The minimum atomic E-state index is 0.0122. The number of carbonyl (C=O) groups is 1. The molecule has 0 radical (unpaired) electrons. The van der Waals surface area contributed by atoms with E-state index in [9.17, 15) is 4.79 Å². The lowest BCUT2D eigenvalue weighted by Crippen LogP contribution is -2.11. The number of hydrogen-bond donors (Lipinski definition) is 0. The Labute approximate surface area is 123 Å². The lowest BCUT2D eigenvalue weighted by Gasteiger charge is -2.07. The van der Waals surface area contributed by atoms with E-state index in [-0.39, 0.29) is 5.78 Å². The average molecular weight is 277 g/mol. The molecule has 0 aliphatic heterocycles. The Morgan fingerprint density at radius 3 is 2.52 bits per heavy atom. The molecule has 0 N–H and O–H groups in total. The molecule has 1 aromatic heterocycles. The number of carbonyl (C=O) groups excluding carboxylic acids is 1. The Bertz CT molecular complexity index is 762. The van der Waals surface area contributed by atoms with Gasteiger partial charge in [-0.2, -0.15) is 0 Å². The largest absolute Gasteiger partial charge is 0.292 e. The van der Waals surface area contributed by atoms with Gasteiger partial charge in [0.1, 0.15) is 5.69 Å². The standard InChI is InChI=1S/C17H15N3O/c1-13-7-5-6-8-14(13)11-17(21)16-12-18-19-20(16)15-9-3-2-4-10-15/h2-10,12H,11H2,1H3. The Hall–Kier alpha value is -2.75. The predicted molar refractivity (Wildman–Crippen MR) is 80.6 cm³/mol. The fourth-order valence-corrected chi connectivity index (χ4v) is 2.26. The van der Waals surface area contributed by atoms with Crippen LogP contribution in [0.1, 0.15) is 21.6 Å². The Balaban J connectivity index is 1.90. The third-order valence-corrected chi connectivity index (χ3v) is 3.45. The van der Waals surface area contributed by atoms with Crippen LogP contribution in [-0.4, -0.2) is 20.8 Å². The quantitative estimate of drug-likeness (QED) is 0.689. The van der Waals surface area contributed by atoms with Gasteiger partial charge in [-0.25, -0.2) is 4.68 Å². The molecule has 0 saturated heterocycles. The third-order valence-electron chi connectivity index (χ3n) is 3.45. The molecule has 0 fully saturated rings. The second-order valence-electron chi connectivity index (χ2n) is 4.89. The van der Waals surface area contributed by atoms with E-state index in [2.05, 4.69) is 10.3 Å². The molecule has 104 valence electrons. The van der Waals surface area contributed by atoms with Crippen LogP contribution in [0, 0.1) is 6.92 Å². The van der Waals surface area contributed by atoms with Crippen molar-refractivity contribution in [1.82, 2.24) is 15.0 Å². The molecule has 0 saturated carbocycles. The molecule has 21 heavy (non-hydrogen) atoms. The highest BCUT2D eigenvalue weighted by molar-refractivity contribution is 5.96. The number of nitrogens with zero attached hydrogens (tertiary/aromatic N) is 3. The molecule has 0 aliphatic rings. The van der Waals surface area contributed by atoms with Gasteiger partial charge in [0.2, 0.25) is 0 Å². The first-order chi connectivity index (χ1) is 10.3. The van der Waals surface area contributed by atoms with Crippen molar-refractivity contribution in [1.29, 1.82) is 0 Å². The van der Waals surface area contributed by atoms with E-state index >= 15 is 0 Å². The molecule has 2 aromatic carbocycles. The van der Waals surface area contributed by atoms with E-state index in [1.54, 1.807) is 4.68 Å². The normalized spacial score (nSPS) is 10.5. The molecule has 0 spiro atoms. The number of para-hydroxylation sites is 1. The van der Waals surface area contributed by atoms with Crippen molar-refractivity contribution >= 4 is 5.78 Å². The Kier molecular flexibility index (Phi) is 3.60. The molecule has 3 aromatic rings. The first-order valence-corrected chi connectivity index (χ1v) is 6.79. The maximum Gasteiger partial charge on any atom is 0.187 e. The minimum absolute atomic E-state index is 0.0122. The van der Waals surface area contributed by atoms with Gasteiger partial charge in [0.05, 0.1) is 11.9 Å². The summed E-state index contributed by atoms with van der Waals surface area (Å²) < 4.78 is 1.58. The number of hydrogen-bond acceptors (Lipinski definition) is 3. The van der Waals surface area contributed by atoms with Crippen LogP contribution in [0.25, 0.3) is 5.69 Å². The second kappa shape index (κ2) is 5.71. The van der Waals surface area contributed by atoms with Crippen LogP contribution in [0.3, 0.4) is 0 Å². The zero-order chi connectivity index (χ0) is 14.7. The van der Waals surface area contributed by atoms with Crippen molar-refractivity contribution in [2.75, 3.05) is 0 Å². The van der Waals surface area contributed by atoms with Gasteiger partial charge in [-0.05, 0) is 30.2 Å². The maximum atomic E-state index is 12.5. The fraction of sp³-hybridized carbons (Fsp3) is 0.118. The predicted octanol–water partition coefficient (Wildman–Crippen LogP) is 3.00. The van der Waals surface area contributed by atoms with E-state index in [1.165, 1.54) is 6.20 Å². The molecular weight excluding hydrogens is 262 g/mol. The van der Waals surface area contributed by atoms with E-state index in [0.717, 1.165) is 16.8 Å². The molecule has 4 heteroatoms. The highest BCUT2D eigenvalue weighted by Crippen LogP contribution is 2.14. The van der Waals surface area contributed by atoms with Gasteiger partial charge in [0.15, 0.2) is 5.78 Å². The Morgan fingerprint density at radius 1 is 1.05 bits per heavy atom. The summed E-state index contributed by atoms with van der Waals surface area (Å²) in [6, 6.07) is 17.5. The van der Waals surface area contributed by atoms with Gasteiger partial charge in [-0.15, -0.1) is 5.10 Å². The van der Waals surface area contributed by atoms with Crippen molar-refractivity contribution < 1.29 is 4.79 Å². The number of aromatic nitrogens is 3. The number of rotatable bonds is 4. The number of aryl methyl sites for hydroxylation is 1. The van der Waals surface area contributed by atoms with Crippen LogP contribution in [-0.2, 0) is 6.42 Å². The first kappa shape index (κ1) is 13.2. The molecule has 0 aliphatic carbocycles. The molecule has 3 rings (SSSR count). The Morgan fingerprint density at radius 2 is 1.76 bits per heavy atom. The van der Waals surface area contributed by atoms with Crippen LogP contribution in [0.2, 0.25) is 0 Å². The molecule has 1 heterocycles. The van der Waals surface area contributed by atoms with Gasteiger partial charge in [-0.3, -0.25) is 4.79 Å². The first-order valence-electron chi connectivity index (χ1n) is 6.79. The lowest BCUT2D eigenvalue weighted by molar-refractivity contribution is 0.0985. The summed E-state index contributed by atoms with van der Waals surface area (Å²) in [5, 5.41) is 7.89. The lowest BCUT2D eigenvalue weighted by atomic mass is 10.0. The summed E-state index contributed by atoms with van der Waals surface area (Å²) in [5.41, 5.74) is 3.49. The monoisotopic (exact) mass is 277 g/mol. The van der Waals surface area contributed by atoms with Gasteiger partial charge >= 0.3 is 0 Å². The van der Waals surface area contributed by atoms with Gasteiger partial charge in [-0.1, -0.05) is 47.7 Å². The zero-order valence-corrected chi connectivity index (χ0v) is 11.7. The maximum absolute atomic E-state index is 12.5. The topological polar surface area (TPSA) is 47.8 Å². The molecule has 0 atom stereocenters. The summed E-state index contributed by atoms with van der Waals surface area (Å²) in [6.45, 7) is 2.01. The minimum Gasteiger partial charge on any atom is -0.292 e. The van der Waals surface area contributed by atoms with E-state index < -0.39 is 0 Å².